The number of rotatable bonds is 4. The predicted molar refractivity (Wildman–Crippen MR) is 88.5 cm³/mol. The summed E-state index contributed by atoms with van der Waals surface area (Å²) in [6, 6.07) is 3.92. The van der Waals surface area contributed by atoms with Gasteiger partial charge in [0.25, 0.3) is 0 Å². The van der Waals surface area contributed by atoms with E-state index in [2.05, 4.69) is 10.3 Å². The molecule has 0 unspecified atom stereocenters. The Balaban J connectivity index is 0.00000121. The monoisotopic (exact) mass is 346 g/mol. The van der Waals surface area contributed by atoms with Crippen molar-refractivity contribution >= 4 is 36.4 Å². The lowest BCUT2D eigenvalue weighted by Gasteiger charge is -2.12. The third kappa shape index (κ3) is 4.10. The molecular formula is C14H20Cl2N4O2. The van der Waals surface area contributed by atoms with Crippen molar-refractivity contribution in [2.45, 2.75) is 31.6 Å². The Morgan fingerprint density at radius 3 is 2.95 bits per heavy atom. The maximum absolute atomic E-state index is 12.0. The van der Waals surface area contributed by atoms with Crippen LogP contribution in [0, 0.1) is 0 Å². The zero-order valence-corrected chi connectivity index (χ0v) is 13.6. The standard InChI is InChI=1S/C14H18N4O2.2ClH/c15-8-11-1-2-12(20-11)14(19)17-9-10-3-5-18-6-4-16-13(18)7-10;;/h3-7,11-12H,1-2,8-9,15H2,(H,17,19);2*1H/t11-,12+;;/m1../s1. The molecule has 1 fully saturated rings. The van der Waals surface area contributed by atoms with Crippen LogP contribution in [0.3, 0.4) is 0 Å². The smallest absolute Gasteiger partial charge is 0.249 e. The number of nitrogens with two attached hydrogens (primary N) is 1. The second-order valence-electron chi connectivity index (χ2n) is 5.01. The molecule has 0 aromatic carbocycles. The Labute approximate surface area is 141 Å². The molecule has 3 N–H and O–H groups in total. The molecular weight excluding hydrogens is 327 g/mol. The van der Waals surface area contributed by atoms with Crippen LogP contribution in [0.2, 0.25) is 0 Å². The third-order valence-corrected chi connectivity index (χ3v) is 3.59. The molecule has 2 aromatic rings. The van der Waals surface area contributed by atoms with Crippen LogP contribution in [0.25, 0.3) is 5.65 Å². The molecule has 22 heavy (non-hydrogen) atoms. The zero-order valence-electron chi connectivity index (χ0n) is 12.0. The van der Waals surface area contributed by atoms with Crippen molar-refractivity contribution in [3.05, 3.63) is 36.3 Å². The number of hydrogen-bond acceptors (Lipinski definition) is 4. The van der Waals surface area contributed by atoms with Gasteiger partial charge in [0.15, 0.2) is 0 Å². The van der Waals surface area contributed by atoms with Crippen molar-refractivity contribution in [3.8, 4) is 0 Å². The van der Waals surface area contributed by atoms with Gasteiger partial charge in [-0.15, -0.1) is 24.8 Å². The number of carbonyl (C=O) groups is 1. The Hall–Kier alpha value is -1.34. The largest absolute Gasteiger partial charge is 0.364 e. The number of carbonyl (C=O) groups excluding carboxylic acids is 1. The summed E-state index contributed by atoms with van der Waals surface area (Å²) in [5.41, 5.74) is 7.43. The van der Waals surface area contributed by atoms with Gasteiger partial charge in [0.1, 0.15) is 11.8 Å². The molecule has 2 atom stereocenters. The van der Waals surface area contributed by atoms with Crippen LogP contribution in [-0.4, -0.2) is 34.0 Å². The number of halogens is 2. The highest BCUT2D eigenvalue weighted by atomic mass is 35.5. The summed E-state index contributed by atoms with van der Waals surface area (Å²) in [7, 11) is 0. The number of fused-ring (bicyclic) bond motifs is 1. The molecule has 1 aliphatic heterocycles. The van der Waals surface area contributed by atoms with E-state index < -0.39 is 0 Å². The van der Waals surface area contributed by atoms with E-state index in [-0.39, 0.29) is 42.9 Å². The van der Waals surface area contributed by atoms with Crippen molar-refractivity contribution in [2.75, 3.05) is 6.54 Å². The maximum Gasteiger partial charge on any atom is 0.249 e. The van der Waals surface area contributed by atoms with Crippen molar-refractivity contribution in [3.63, 3.8) is 0 Å². The molecule has 3 rings (SSSR count). The van der Waals surface area contributed by atoms with Gasteiger partial charge in [0.2, 0.25) is 5.91 Å². The summed E-state index contributed by atoms with van der Waals surface area (Å²) in [4.78, 5) is 16.2. The van der Waals surface area contributed by atoms with Gasteiger partial charge in [0.05, 0.1) is 6.10 Å². The summed E-state index contributed by atoms with van der Waals surface area (Å²) in [5, 5.41) is 2.90. The third-order valence-electron chi connectivity index (χ3n) is 3.59. The highest BCUT2D eigenvalue weighted by Crippen LogP contribution is 2.19. The number of hydrogen-bond donors (Lipinski definition) is 2. The molecule has 122 valence electrons. The van der Waals surface area contributed by atoms with E-state index in [4.69, 9.17) is 10.5 Å². The second kappa shape index (κ2) is 8.33. The van der Waals surface area contributed by atoms with Crippen molar-refractivity contribution < 1.29 is 9.53 Å². The topological polar surface area (TPSA) is 81.7 Å². The fraction of sp³-hybridized carbons (Fsp3) is 0.429. The predicted octanol–water partition coefficient (Wildman–Crippen LogP) is 1.30. The van der Waals surface area contributed by atoms with Crippen molar-refractivity contribution in [1.29, 1.82) is 0 Å². The first kappa shape index (κ1) is 18.7. The molecule has 8 heteroatoms. The van der Waals surface area contributed by atoms with E-state index in [1.807, 2.05) is 28.9 Å². The fourth-order valence-electron chi connectivity index (χ4n) is 2.44. The molecule has 2 aromatic heterocycles. The number of aromatic nitrogens is 2. The number of nitrogens with zero attached hydrogens (tertiary/aromatic N) is 2. The van der Waals surface area contributed by atoms with Gasteiger partial charge in [-0.05, 0) is 30.5 Å². The molecule has 0 aliphatic carbocycles. The normalized spacial score (nSPS) is 20.2. The second-order valence-corrected chi connectivity index (χ2v) is 5.01. The molecule has 0 radical (unpaired) electrons. The Kier molecular flexibility index (Phi) is 7.09. The van der Waals surface area contributed by atoms with Gasteiger partial charge in [-0.3, -0.25) is 4.79 Å². The molecule has 1 aliphatic rings. The van der Waals surface area contributed by atoms with Gasteiger partial charge in [-0.1, -0.05) is 0 Å². The molecule has 1 amide bonds. The zero-order chi connectivity index (χ0) is 13.9. The van der Waals surface area contributed by atoms with E-state index >= 15 is 0 Å². The Morgan fingerprint density at radius 2 is 2.23 bits per heavy atom. The molecule has 6 nitrogen and oxygen atoms in total. The molecule has 0 bridgehead atoms. The molecule has 0 saturated carbocycles. The van der Waals surface area contributed by atoms with Crippen LogP contribution in [0.15, 0.2) is 30.7 Å². The lowest BCUT2D eigenvalue weighted by atomic mass is 10.2. The molecule has 1 saturated heterocycles. The molecule has 0 spiro atoms. The number of nitrogens with one attached hydrogen (secondary N) is 1. The van der Waals surface area contributed by atoms with Crippen LogP contribution in [0.5, 0.6) is 0 Å². The fourth-order valence-corrected chi connectivity index (χ4v) is 2.44. The van der Waals surface area contributed by atoms with Crippen LogP contribution in [0.4, 0.5) is 0 Å². The summed E-state index contributed by atoms with van der Waals surface area (Å²) < 4.78 is 7.49. The van der Waals surface area contributed by atoms with Crippen molar-refractivity contribution in [1.82, 2.24) is 14.7 Å². The van der Waals surface area contributed by atoms with Crippen LogP contribution in [0.1, 0.15) is 18.4 Å². The van der Waals surface area contributed by atoms with Gasteiger partial charge >= 0.3 is 0 Å². The first-order valence-corrected chi connectivity index (χ1v) is 6.81. The average Bonchev–Trinajstić information content (AvgIpc) is 3.12. The summed E-state index contributed by atoms with van der Waals surface area (Å²) in [6.45, 7) is 0.954. The first-order chi connectivity index (χ1) is 9.76. The number of ether oxygens (including phenoxy) is 1. The summed E-state index contributed by atoms with van der Waals surface area (Å²) in [6.07, 6.45) is 6.82. The first-order valence-electron chi connectivity index (χ1n) is 6.81. The van der Waals surface area contributed by atoms with E-state index in [0.717, 1.165) is 24.1 Å². The van der Waals surface area contributed by atoms with Gasteiger partial charge in [0, 0.05) is 31.7 Å². The van der Waals surface area contributed by atoms with Crippen LogP contribution >= 0.6 is 24.8 Å². The van der Waals surface area contributed by atoms with E-state index in [9.17, 15) is 4.79 Å². The number of amides is 1. The SMILES string of the molecule is Cl.Cl.NC[C@H]1CC[C@@H](C(=O)NCc2ccn3ccnc3c2)O1. The minimum atomic E-state index is -0.362. The van der Waals surface area contributed by atoms with Gasteiger partial charge in [-0.25, -0.2) is 4.98 Å². The van der Waals surface area contributed by atoms with E-state index in [1.165, 1.54) is 0 Å². The Bertz CT molecular complexity index is 620. The maximum atomic E-state index is 12.0. The van der Waals surface area contributed by atoms with Gasteiger partial charge in [-0.2, -0.15) is 0 Å². The minimum Gasteiger partial charge on any atom is -0.364 e. The van der Waals surface area contributed by atoms with Crippen LogP contribution in [-0.2, 0) is 16.1 Å². The van der Waals surface area contributed by atoms with E-state index in [1.54, 1.807) is 6.20 Å². The lowest BCUT2D eigenvalue weighted by Crippen LogP contribution is -2.35. The average molecular weight is 347 g/mol. The van der Waals surface area contributed by atoms with Crippen LogP contribution < -0.4 is 11.1 Å². The lowest BCUT2D eigenvalue weighted by molar-refractivity contribution is -0.132. The van der Waals surface area contributed by atoms with Gasteiger partial charge < -0.3 is 20.2 Å². The Morgan fingerprint density at radius 1 is 1.41 bits per heavy atom. The number of imidazole rings is 1. The summed E-state index contributed by atoms with van der Waals surface area (Å²) in [5.74, 6) is -0.0656. The number of pyridine rings is 1. The minimum absolute atomic E-state index is 0. The highest BCUT2D eigenvalue weighted by molar-refractivity contribution is 5.85. The highest BCUT2D eigenvalue weighted by Gasteiger charge is 2.29. The quantitative estimate of drug-likeness (QED) is 0.874. The van der Waals surface area contributed by atoms with Crippen molar-refractivity contribution in [2.24, 2.45) is 5.73 Å². The van der Waals surface area contributed by atoms with E-state index in [0.29, 0.717) is 13.1 Å². The summed E-state index contributed by atoms with van der Waals surface area (Å²) >= 11 is 0. The molecule has 3 heterocycles.